The first-order valence-corrected chi connectivity index (χ1v) is 9.54. The second-order valence-corrected chi connectivity index (χ2v) is 7.77. The zero-order valence-electron chi connectivity index (χ0n) is 15.0. The molecule has 1 aliphatic rings. The quantitative estimate of drug-likeness (QED) is 0.705. The van der Waals surface area contributed by atoms with Crippen molar-refractivity contribution in [3.63, 3.8) is 0 Å². The van der Waals surface area contributed by atoms with Gasteiger partial charge in [-0.2, -0.15) is 13.2 Å². The molecule has 0 bridgehead atoms. The van der Waals surface area contributed by atoms with Crippen LogP contribution in [0.15, 0.2) is 48.5 Å². The van der Waals surface area contributed by atoms with E-state index in [9.17, 15) is 26.7 Å². The number of ether oxygens (including phenoxy) is 1. The molecule has 1 unspecified atom stereocenters. The van der Waals surface area contributed by atoms with Crippen LogP contribution in [0.3, 0.4) is 0 Å². The monoisotopic (exact) mass is 409 g/mol. The van der Waals surface area contributed by atoms with Gasteiger partial charge in [0, 0.05) is 11.3 Å². The van der Waals surface area contributed by atoms with Crippen molar-refractivity contribution in [3.8, 4) is 0 Å². The maximum absolute atomic E-state index is 13.1. The first-order valence-electron chi connectivity index (χ1n) is 8.30. The number of carbonyl (C=O) groups is 1. The van der Waals surface area contributed by atoms with Crippen molar-refractivity contribution >= 4 is 28.2 Å². The predicted molar refractivity (Wildman–Crippen MR) is 97.5 cm³/mol. The molecule has 0 aromatic heterocycles. The van der Waals surface area contributed by atoms with Crippen molar-refractivity contribution in [2.75, 3.05) is 0 Å². The van der Waals surface area contributed by atoms with Crippen LogP contribution >= 0.6 is 0 Å². The molecule has 0 spiro atoms. The molecule has 1 aliphatic heterocycles. The lowest BCUT2D eigenvalue weighted by molar-refractivity contribution is -0.137. The van der Waals surface area contributed by atoms with Crippen LogP contribution in [0.4, 0.5) is 13.2 Å². The highest BCUT2D eigenvalue weighted by molar-refractivity contribution is 7.78. The summed E-state index contributed by atoms with van der Waals surface area (Å²) in [5.74, 6) is -0.416. The SMILES string of the molecule is CC1(C)OC(c2ccc(CS(=O)[O-])cc2)=C(c2cccc(C(F)(F)F)c2)C1=O. The zero-order chi connectivity index (χ0) is 20.7. The van der Waals surface area contributed by atoms with Gasteiger partial charge in [-0.3, -0.25) is 9.00 Å². The Kier molecular flexibility index (Phi) is 5.20. The highest BCUT2D eigenvalue weighted by atomic mass is 32.2. The summed E-state index contributed by atoms with van der Waals surface area (Å²) < 4.78 is 66.7. The van der Waals surface area contributed by atoms with Crippen LogP contribution in [0.5, 0.6) is 0 Å². The molecule has 0 fully saturated rings. The molecule has 28 heavy (non-hydrogen) atoms. The lowest BCUT2D eigenvalue weighted by Crippen LogP contribution is -2.29. The van der Waals surface area contributed by atoms with E-state index >= 15 is 0 Å². The van der Waals surface area contributed by atoms with Crippen molar-refractivity contribution in [2.45, 2.75) is 31.4 Å². The number of rotatable bonds is 4. The van der Waals surface area contributed by atoms with Crippen molar-refractivity contribution in [1.29, 1.82) is 0 Å². The molecule has 0 N–H and O–H groups in total. The van der Waals surface area contributed by atoms with E-state index in [4.69, 9.17) is 4.74 Å². The zero-order valence-corrected chi connectivity index (χ0v) is 15.8. The van der Waals surface area contributed by atoms with Crippen LogP contribution in [0.25, 0.3) is 11.3 Å². The second kappa shape index (κ2) is 7.18. The first-order chi connectivity index (χ1) is 13.0. The molecule has 0 aliphatic carbocycles. The molecule has 1 heterocycles. The van der Waals surface area contributed by atoms with Gasteiger partial charge >= 0.3 is 6.18 Å². The maximum atomic E-state index is 13.1. The molecule has 4 nitrogen and oxygen atoms in total. The standard InChI is InChI=1S/C20H17F3O4S/c1-19(2)18(24)16(14-4-3-5-15(10-14)20(21,22)23)17(27-19)13-8-6-12(7-9-13)11-28(25)26/h3-10H,11H2,1-2H3,(H,25,26)/p-1. The Balaban J connectivity index is 2.11. The Labute approximate surface area is 162 Å². The summed E-state index contributed by atoms with van der Waals surface area (Å²) in [5.41, 5.74) is -0.883. The molecule has 1 atom stereocenters. The number of Topliss-reactive ketones (excluding diaryl/α,β-unsaturated/α-hetero) is 1. The summed E-state index contributed by atoms with van der Waals surface area (Å²) in [4.78, 5) is 12.8. The predicted octanol–water partition coefficient (Wildman–Crippen LogP) is 4.33. The van der Waals surface area contributed by atoms with Crippen LogP contribution in [0.2, 0.25) is 0 Å². The van der Waals surface area contributed by atoms with E-state index in [1.165, 1.54) is 12.1 Å². The summed E-state index contributed by atoms with van der Waals surface area (Å²) >= 11 is -2.25. The summed E-state index contributed by atoms with van der Waals surface area (Å²) in [6.07, 6.45) is -4.54. The third-order valence-corrected chi connectivity index (χ3v) is 4.91. The van der Waals surface area contributed by atoms with E-state index in [1.54, 1.807) is 38.1 Å². The molecular formula is C20H16F3O4S-. The summed E-state index contributed by atoms with van der Waals surface area (Å²) in [7, 11) is 0. The summed E-state index contributed by atoms with van der Waals surface area (Å²) in [5, 5.41) is 0. The molecular weight excluding hydrogens is 393 g/mol. The first kappa shape index (κ1) is 20.3. The molecule has 0 amide bonds. The van der Waals surface area contributed by atoms with Crippen molar-refractivity contribution in [3.05, 3.63) is 70.8 Å². The number of ketones is 1. The number of benzene rings is 2. The number of hydrogen-bond donors (Lipinski definition) is 0. The van der Waals surface area contributed by atoms with E-state index in [0.29, 0.717) is 11.1 Å². The minimum Gasteiger partial charge on any atom is -0.772 e. The van der Waals surface area contributed by atoms with Gasteiger partial charge in [0.05, 0.1) is 11.1 Å². The number of halogens is 3. The van der Waals surface area contributed by atoms with E-state index in [2.05, 4.69) is 0 Å². The van der Waals surface area contributed by atoms with Gasteiger partial charge in [0.15, 0.2) is 5.60 Å². The molecule has 0 saturated carbocycles. The van der Waals surface area contributed by atoms with Crippen LogP contribution < -0.4 is 0 Å². The fraction of sp³-hybridized carbons (Fsp3) is 0.250. The van der Waals surface area contributed by atoms with E-state index in [0.717, 1.165) is 12.1 Å². The Hall–Kier alpha value is -2.45. The topological polar surface area (TPSA) is 66.4 Å². The minimum atomic E-state index is -4.54. The summed E-state index contributed by atoms with van der Waals surface area (Å²) in [6, 6.07) is 10.8. The van der Waals surface area contributed by atoms with Crippen molar-refractivity contribution in [2.24, 2.45) is 0 Å². The lowest BCUT2D eigenvalue weighted by atomic mass is 9.91. The van der Waals surface area contributed by atoms with Gasteiger partial charge in [-0.15, -0.1) is 0 Å². The average Bonchev–Trinajstić information content (AvgIpc) is 2.84. The smallest absolute Gasteiger partial charge is 0.416 e. The molecule has 8 heteroatoms. The second-order valence-electron chi connectivity index (χ2n) is 6.87. The number of carbonyl (C=O) groups excluding carboxylic acids is 1. The van der Waals surface area contributed by atoms with Gasteiger partial charge in [-0.25, -0.2) is 0 Å². The molecule has 3 rings (SSSR count). The Morgan fingerprint density at radius 3 is 2.29 bits per heavy atom. The van der Waals surface area contributed by atoms with Crippen LogP contribution in [0, 0.1) is 0 Å². The van der Waals surface area contributed by atoms with Gasteiger partial charge < -0.3 is 9.29 Å². The fourth-order valence-corrected chi connectivity index (χ4v) is 3.43. The highest BCUT2D eigenvalue weighted by Gasteiger charge is 2.43. The van der Waals surface area contributed by atoms with Gasteiger partial charge in [-0.05, 0) is 37.1 Å². The van der Waals surface area contributed by atoms with E-state index < -0.39 is 34.2 Å². The Morgan fingerprint density at radius 1 is 1.07 bits per heavy atom. The van der Waals surface area contributed by atoms with Crippen molar-refractivity contribution < 1.29 is 31.5 Å². The molecule has 2 aromatic rings. The van der Waals surface area contributed by atoms with Crippen molar-refractivity contribution in [1.82, 2.24) is 0 Å². The van der Waals surface area contributed by atoms with Crippen LogP contribution in [-0.4, -0.2) is 20.1 Å². The normalized spacial score (nSPS) is 17.6. The van der Waals surface area contributed by atoms with Crippen LogP contribution in [0.1, 0.15) is 36.1 Å². The Bertz CT molecular complexity index is 976. The number of hydrogen-bond acceptors (Lipinski definition) is 4. The molecule has 2 aromatic carbocycles. The molecule has 0 saturated heterocycles. The van der Waals surface area contributed by atoms with E-state index in [1.807, 2.05) is 0 Å². The number of alkyl halides is 3. The van der Waals surface area contributed by atoms with Gasteiger partial charge in [0.2, 0.25) is 5.78 Å². The summed E-state index contributed by atoms with van der Waals surface area (Å²) in [6.45, 7) is 3.09. The third kappa shape index (κ3) is 4.02. The molecule has 0 radical (unpaired) electrons. The third-order valence-electron chi connectivity index (χ3n) is 4.34. The average molecular weight is 409 g/mol. The van der Waals surface area contributed by atoms with E-state index in [-0.39, 0.29) is 22.6 Å². The molecule has 148 valence electrons. The Morgan fingerprint density at radius 2 is 1.71 bits per heavy atom. The lowest BCUT2D eigenvalue weighted by Gasteiger charge is -2.18. The van der Waals surface area contributed by atoms with Gasteiger partial charge in [0.1, 0.15) is 5.76 Å². The van der Waals surface area contributed by atoms with Crippen LogP contribution in [-0.2, 0) is 32.5 Å². The fourth-order valence-electron chi connectivity index (χ4n) is 2.96. The van der Waals surface area contributed by atoms with Gasteiger partial charge in [-0.1, -0.05) is 47.5 Å². The highest BCUT2D eigenvalue weighted by Crippen LogP contribution is 2.42. The minimum absolute atomic E-state index is 0.0660. The van der Waals surface area contributed by atoms with Gasteiger partial charge in [0.25, 0.3) is 0 Å². The largest absolute Gasteiger partial charge is 0.772 e. The maximum Gasteiger partial charge on any atom is 0.416 e.